The molecule has 8 aromatic rings. The van der Waals surface area contributed by atoms with E-state index in [4.69, 9.17) is 12.5 Å². The molecular formula is C46H41N5OPt-2. The SMILES string of the molecule is [2H]C([2H])(c1ccnc(-n2c3[c-]c(Oc4[c-]c(-n5[c-][n+](-c6cccc(C(C)(C)C)c6)cc5)cnc4)ccc3c3cc(-c4ccccc4)ccc32)c1)C(C)(C)C.[Pt]. The van der Waals surface area contributed by atoms with Crippen molar-refractivity contribution in [3.05, 3.63) is 158 Å². The van der Waals surface area contributed by atoms with Crippen LogP contribution in [-0.4, -0.2) is 19.1 Å². The second-order valence-electron chi connectivity index (χ2n) is 15.1. The summed E-state index contributed by atoms with van der Waals surface area (Å²) in [7, 11) is 0. The summed E-state index contributed by atoms with van der Waals surface area (Å²) in [5.74, 6) is 1.51. The number of rotatable bonds is 7. The first-order valence-electron chi connectivity index (χ1n) is 18.5. The number of benzene rings is 4. The molecule has 0 bridgehead atoms. The Hall–Kier alpha value is -5.32. The van der Waals surface area contributed by atoms with Crippen LogP contribution in [0.15, 0.2) is 128 Å². The van der Waals surface area contributed by atoms with E-state index in [1.807, 2.05) is 83.3 Å². The third-order valence-electron chi connectivity index (χ3n) is 8.94. The number of fused-ring (bicyclic) bond motifs is 3. The van der Waals surface area contributed by atoms with Gasteiger partial charge in [0.25, 0.3) is 6.33 Å². The average molecular weight is 877 g/mol. The normalized spacial score (nSPS) is 12.7. The molecule has 0 saturated carbocycles. The van der Waals surface area contributed by atoms with Crippen LogP contribution in [0.3, 0.4) is 0 Å². The van der Waals surface area contributed by atoms with E-state index in [0.717, 1.165) is 38.6 Å². The minimum Gasteiger partial charge on any atom is -0.508 e. The quantitative estimate of drug-likeness (QED) is 0.118. The molecular weight excluding hydrogens is 834 g/mol. The predicted molar refractivity (Wildman–Crippen MR) is 208 cm³/mol. The molecule has 4 aromatic carbocycles. The van der Waals surface area contributed by atoms with Crippen LogP contribution in [0.4, 0.5) is 0 Å². The molecule has 0 N–H and O–H groups in total. The Kier molecular flexibility index (Phi) is 9.01. The largest absolute Gasteiger partial charge is 0.508 e. The third kappa shape index (κ3) is 7.61. The maximum absolute atomic E-state index is 8.99. The Bertz CT molecular complexity index is 2650. The topological polar surface area (TPSA) is 48.8 Å². The number of imidazole rings is 1. The van der Waals surface area contributed by atoms with E-state index in [9.17, 15) is 0 Å². The summed E-state index contributed by atoms with van der Waals surface area (Å²) in [6.07, 6.45) is 10.7. The number of hydrogen-bond acceptors (Lipinski definition) is 3. The average Bonchev–Trinajstić information content (AvgIpc) is 3.78. The minimum atomic E-state index is -1.59. The summed E-state index contributed by atoms with van der Waals surface area (Å²) in [5.41, 5.74) is 6.81. The van der Waals surface area contributed by atoms with Crippen LogP contribution < -0.4 is 9.30 Å². The van der Waals surface area contributed by atoms with Gasteiger partial charge in [-0.25, -0.2) is 4.98 Å². The molecule has 0 aliphatic rings. The fraction of sp³-hybridized carbons (Fsp3) is 0.196. The summed E-state index contributed by atoms with van der Waals surface area (Å²) in [5, 5.41) is 2.00. The van der Waals surface area contributed by atoms with Gasteiger partial charge in [-0.2, -0.15) is 6.07 Å². The molecule has 0 aliphatic carbocycles. The Balaban J connectivity index is 0.00000465. The number of ether oxygens (including phenoxy) is 1. The molecule has 4 heterocycles. The zero-order chi connectivity index (χ0) is 37.8. The van der Waals surface area contributed by atoms with Crippen LogP contribution in [0.2, 0.25) is 0 Å². The summed E-state index contributed by atoms with van der Waals surface area (Å²) in [6.45, 7) is 12.4. The van der Waals surface area contributed by atoms with E-state index in [2.05, 4.69) is 98.8 Å². The Labute approximate surface area is 328 Å². The van der Waals surface area contributed by atoms with Gasteiger partial charge in [0.15, 0.2) is 0 Å². The van der Waals surface area contributed by atoms with Crippen molar-refractivity contribution < 1.29 is 33.1 Å². The second-order valence-corrected chi connectivity index (χ2v) is 15.1. The minimum absolute atomic E-state index is 0. The summed E-state index contributed by atoms with van der Waals surface area (Å²) in [6, 6.07) is 39.6. The zero-order valence-electron chi connectivity index (χ0n) is 32.6. The van der Waals surface area contributed by atoms with Gasteiger partial charge in [0, 0.05) is 59.4 Å². The van der Waals surface area contributed by atoms with Gasteiger partial charge < -0.3 is 18.9 Å². The summed E-state index contributed by atoms with van der Waals surface area (Å²) >= 11 is 0. The van der Waals surface area contributed by atoms with Crippen molar-refractivity contribution in [1.29, 1.82) is 0 Å². The van der Waals surface area contributed by atoms with Gasteiger partial charge in [0.2, 0.25) is 0 Å². The van der Waals surface area contributed by atoms with Crippen LogP contribution in [-0.2, 0) is 32.9 Å². The molecule has 8 rings (SSSR count). The standard InChI is InChI=1S/C46H41N5O.Pt/c1-45(2,3)28-32-19-20-48-44(23-32)51-42-18-15-34(33-11-8-7-9-12-33)24-41(42)40-17-16-38(27-43(40)51)52-39-26-37(29-47-30-39)50-22-21-49(31-50)36-14-10-13-35(25-36)46(4,5)6;/h7-25,29-30H,28H2,1-6H3;/q-2;/i28D2;. The smallest absolute Gasteiger partial charge is 0.267 e. The van der Waals surface area contributed by atoms with Crippen LogP contribution in [0, 0.1) is 23.9 Å². The van der Waals surface area contributed by atoms with Crippen LogP contribution in [0.1, 0.15) is 55.4 Å². The van der Waals surface area contributed by atoms with Crippen molar-refractivity contribution in [3.8, 4) is 39.8 Å². The molecule has 7 heteroatoms. The number of nitrogens with zero attached hydrogens (tertiary/aromatic N) is 5. The van der Waals surface area contributed by atoms with Crippen LogP contribution >= 0.6 is 0 Å². The fourth-order valence-corrected chi connectivity index (χ4v) is 6.46. The first-order chi connectivity index (χ1) is 25.8. The molecule has 0 atom stereocenters. The van der Waals surface area contributed by atoms with Gasteiger partial charge in [-0.05, 0) is 87.1 Å². The van der Waals surface area contributed by atoms with Crippen molar-refractivity contribution in [2.75, 3.05) is 0 Å². The third-order valence-corrected chi connectivity index (χ3v) is 8.94. The van der Waals surface area contributed by atoms with E-state index < -0.39 is 11.8 Å². The molecule has 0 fully saturated rings. The summed E-state index contributed by atoms with van der Waals surface area (Å²) in [4.78, 5) is 9.24. The van der Waals surface area contributed by atoms with Gasteiger partial charge in [0.05, 0.1) is 5.69 Å². The molecule has 0 spiro atoms. The van der Waals surface area contributed by atoms with E-state index in [1.54, 1.807) is 24.7 Å². The molecule has 0 amide bonds. The Morgan fingerprint density at radius 3 is 2.42 bits per heavy atom. The van der Waals surface area contributed by atoms with Crippen molar-refractivity contribution in [3.63, 3.8) is 0 Å². The van der Waals surface area contributed by atoms with Crippen molar-refractivity contribution >= 4 is 21.8 Å². The predicted octanol–water partition coefficient (Wildman–Crippen LogP) is 10.4. The molecule has 0 saturated heterocycles. The summed E-state index contributed by atoms with van der Waals surface area (Å²) < 4.78 is 30.2. The first kappa shape index (κ1) is 33.5. The van der Waals surface area contributed by atoms with E-state index >= 15 is 0 Å². The molecule has 53 heavy (non-hydrogen) atoms. The van der Waals surface area contributed by atoms with E-state index in [1.165, 1.54) is 5.56 Å². The van der Waals surface area contributed by atoms with Gasteiger partial charge in [0.1, 0.15) is 5.82 Å². The molecule has 4 aromatic heterocycles. The van der Waals surface area contributed by atoms with Gasteiger partial charge in [-0.1, -0.05) is 108 Å². The maximum Gasteiger partial charge on any atom is 0.267 e. The molecule has 0 aliphatic heterocycles. The van der Waals surface area contributed by atoms with E-state index in [-0.39, 0.29) is 26.5 Å². The van der Waals surface area contributed by atoms with Crippen molar-refractivity contribution in [1.82, 2.24) is 19.1 Å². The Morgan fingerprint density at radius 2 is 1.62 bits per heavy atom. The van der Waals surface area contributed by atoms with Crippen LogP contribution in [0.5, 0.6) is 11.5 Å². The van der Waals surface area contributed by atoms with Crippen molar-refractivity contribution in [2.45, 2.75) is 53.3 Å². The molecule has 0 unspecified atom stereocenters. The molecule has 6 nitrogen and oxygen atoms in total. The second kappa shape index (κ2) is 14.2. The monoisotopic (exact) mass is 876 g/mol. The number of hydrogen-bond donors (Lipinski definition) is 0. The van der Waals surface area contributed by atoms with Crippen LogP contribution in [0.25, 0.3) is 50.1 Å². The molecule has 0 radical (unpaired) electrons. The molecule has 268 valence electrons. The first-order valence-corrected chi connectivity index (χ1v) is 17.5. The fourth-order valence-electron chi connectivity index (χ4n) is 6.46. The van der Waals surface area contributed by atoms with Gasteiger partial charge >= 0.3 is 0 Å². The van der Waals surface area contributed by atoms with Crippen molar-refractivity contribution in [2.24, 2.45) is 5.41 Å². The van der Waals surface area contributed by atoms with Gasteiger partial charge in [-0.15, -0.1) is 23.6 Å². The zero-order valence-corrected chi connectivity index (χ0v) is 32.9. The van der Waals surface area contributed by atoms with E-state index in [0.29, 0.717) is 28.6 Å². The maximum atomic E-state index is 8.99. The van der Waals surface area contributed by atoms with Gasteiger partial charge in [-0.3, -0.25) is 4.57 Å². The number of pyridine rings is 2. The Morgan fingerprint density at radius 1 is 0.792 bits per heavy atom. The number of aromatic nitrogens is 5.